The number of carbonyl (C=O) groups excluding carboxylic acids is 1. The van der Waals surface area contributed by atoms with Crippen LogP contribution < -0.4 is 0 Å². The summed E-state index contributed by atoms with van der Waals surface area (Å²) >= 11 is 0. The lowest BCUT2D eigenvalue weighted by atomic mass is 9.89. The van der Waals surface area contributed by atoms with Crippen LogP contribution in [-0.4, -0.2) is 48.4 Å². The summed E-state index contributed by atoms with van der Waals surface area (Å²) < 4.78 is 0. The van der Waals surface area contributed by atoms with Crippen LogP contribution in [0.3, 0.4) is 0 Å². The number of fused-ring (bicyclic) bond motifs is 2. The zero-order valence-electron chi connectivity index (χ0n) is 17.0. The van der Waals surface area contributed by atoms with E-state index in [0.717, 1.165) is 55.1 Å². The van der Waals surface area contributed by atoms with Crippen molar-refractivity contribution in [3.8, 4) is 0 Å². The zero-order valence-corrected chi connectivity index (χ0v) is 17.0. The second-order valence-corrected chi connectivity index (χ2v) is 8.92. The highest BCUT2D eigenvalue weighted by Gasteiger charge is 2.37. The highest BCUT2D eigenvalue weighted by atomic mass is 16.2. The molecular weight excluding hydrogens is 356 g/mol. The van der Waals surface area contributed by atoms with Crippen LogP contribution in [0.5, 0.6) is 0 Å². The van der Waals surface area contributed by atoms with Gasteiger partial charge < -0.3 is 4.90 Å². The van der Waals surface area contributed by atoms with Crippen LogP contribution in [0.15, 0.2) is 72.8 Å². The number of carbonyl (C=O) groups is 1. The number of nitrogens with zero attached hydrogens (tertiary/aromatic N) is 2. The fourth-order valence-corrected chi connectivity index (χ4v) is 5.54. The molecule has 2 aromatic rings. The lowest BCUT2D eigenvalue weighted by Gasteiger charge is -2.38. The molecule has 1 aliphatic heterocycles. The Hall–Kier alpha value is -2.39. The van der Waals surface area contributed by atoms with Crippen molar-refractivity contribution in [2.75, 3.05) is 32.7 Å². The highest BCUT2D eigenvalue weighted by Crippen LogP contribution is 2.43. The van der Waals surface area contributed by atoms with Crippen molar-refractivity contribution in [1.82, 2.24) is 9.80 Å². The van der Waals surface area contributed by atoms with Gasteiger partial charge in [-0.2, -0.15) is 0 Å². The molecule has 29 heavy (non-hydrogen) atoms. The molecule has 1 saturated carbocycles. The third-order valence-electron chi connectivity index (χ3n) is 7.11. The summed E-state index contributed by atoms with van der Waals surface area (Å²) in [6.07, 6.45) is 7.61. The molecule has 0 N–H and O–H groups in total. The Balaban J connectivity index is 1.25. The summed E-state index contributed by atoms with van der Waals surface area (Å²) in [6.45, 7) is 4.88. The molecule has 2 aliphatic carbocycles. The molecule has 3 atom stereocenters. The zero-order chi connectivity index (χ0) is 19.6. The molecule has 0 radical (unpaired) electrons. The van der Waals surface area contributed by atoms with Crippen LogP contribution in [0, 0.1) is 17.8 Å². The molecule has 1 heterocycles. The fraction of sp³-hybridized carbons (Fsp3) is 0.423. The molecule has 1 amide bonds. The first-order valence-electron chi connectivity index (χ1n) is 11.1. The van der Waals surface area contributed by atoms with E-state index in [9.17, 15) is 4.79 Å². The summed E-state index contributed by atoms with van der Waals surface area (Å²) in [4.78, 5) is 18.2. The van der Waals surface area contributed by atoms with Gasteiger partial charge in [-0.25, -0.2) is 0 Å². The van der Waals surface area contributed by atoms with Crippen molar-refractivity contribution in [1.29, 1.82) is 0 Å². The molecule has 2 fully saturated rings. The van der Waals surface area contributed by atoms with Gasteiger partial charge in [-0.1, -0.05) is 72.8 Å². The van der Waals surface area contributed by atoms with E-state index in [2.05, 4.69) is 46.2 Å². The Morgan fingerprint density at radius 2 is 1.45 bits per heavy atom. The average molecular weight is 387 g/mol. The summed E-state index contributed by atoms with van der Waals surface area (Å²) in [5.41, 5.74) is 2.17. The first-order valence-corrected chi connectivity index (χ1v) is 11.1. The van der Waals surface area contributed by atoms with Crippen LogP contribution in [0.25, 0.3) is 0 Å². The monoisotopic (exact) mass is 386 g/mol. The number of allylic oxidation sites excluding steroid dienone is 2. The van der Waals surface area contributed by atoms with Crippen molar-refractivity contribution < 1.29 is 4.79 Å². The van der Waals surface area contributed by atoms with Gasteiger partial charge in [0.1, 0.15) is 0 Å². The molecule has 3 heteroatoms. The smallest absolute Gasteiger partial charge is 0.234 e. The maximum Gasteiger partial charge on any atom is 0.234 e. The van der Waals surface area contributed by atoms with E-state index in [1.807, 2.05) is 36.4 Å². The van der Waals surface area contributed by atoms with Crippen molar-refractivity contribution >= 4 is 5.91 Å². The Morgan fingerprint density at radius 3 is 1.97 bits per heavy atom. The molecule has 3 nitrogen and oxygen atoms in total. The SMILES string of the molecule is O=C(C(c1ccccc1)c1ccccc1)N1CCN(C[C@@H]2C[C@H]3C=C[C@@H]2C3)CC1. The predicted octanol–water partition coefficient (Wildman–Crippen LogP) is 4.17. The topological polar surface area (TPSA) is 23.6 Å². The van der Waals surface area contributed by atoms with E-state index in [-0.39, 0.29) is 11.8 Å². The summed E-state index contributed by atoms with van der Waals surface area (Å²) in [6, 6.07) is 20.5. The number of hydrogen-bond donors (Lipinski definition) is 0. The minimum atomic E-state index is -0.209. The minimum absolute atomic E-state index is 0.209. The molecule has 0 spiro atoms. The molecule has 0 aromatic heterocycles. The summed E-state index contributed by atoms with van der Waals surface area (Å²) in [5, 5.41) is 0. The molecule has 0 unspecified atom stereocenters. The van der Waals surface area contributed by atoms with Crippen LogP contribution in [0.4, 0.5) is 0 Å². The normalized spacial score (nSPS) is 26.4. The standard InChI is InChI=1S/C26H30N2O/c29-26(25(21-7-3-1-4-8-21)22-9-5-2-6-10-22)28-15-13-27(14-16-28)19-24-18-20-11-12-23(24)17-20/h1-12,20,23-25H,13-19H2/t20-,23+,24-/m0/s1. The van der Waals surface area contributed by atoms with Crippen LogP contribution in [0.2, 0.25) is 0 Å². The van der Waals surface area contributed by atoms with Crippen molar-refractivity contribution in [2.24, 2.45) is 17.8 Å². The van der Waals surface area contributed by atoms with E-state index in [1.54, 1.807) is 0 Å². The molecule has 150 valence electrons. The second-order valence-electron chi connectivity index (χ2n) is 8.92. The third kappa shape index (κ3) is 3.89. The fourth-order valence-electron chi connectivity index (χ4n) is 5.54. The van der Waals surface area contributed by atoms with Gasteiger partial charge in [-0.15, -0.1) is 0 Å². The molecule has 3 aliphatic rings. The molecule has 2 aromatic carbocycles. The number of rotatable bonds is 5. The van der Waals surface area contributed by atoms with Gasteiger partial charge in [0.2, 0.25) is 5.91 Å². The maximum absolute atomic E-state index is 13.6. The van der Waals surface area contributed by atoms with Gasteiger partial charge in [0.25, 0.3) is 0 Å². The molecule has 5 rings (SSSR count). The van der Waals surface area contributed by atoms with Crippen molar-refractivity contribution in [3.05, 3.63) is 83.9 Å². The lowest BCUT2D eigenvalue weighted by molar-refractivity contribution is -0.133. The van der Waals surface area contributed by atoms with Gasteiger partial charge >= 0.3 is 0 Å². The predicted molar refractivity (Wildman–Crippen MR) is 117 cm³/mol. The number of hydrogen-bond acceptors (Lipinski definition) is 2. The van der Waals surface area contributed by atoms with Gasteiger partial charge in [-0.3, -0.25) is 9.69 Å². The molecule has 1 saturated heterocycles. The first-order chi connectivity index (χ1) is 14.3. The van der Waals surface area contributed by atoms with Crippen molar-refractivity contribution in [3.63, 3.8) is 0 Å². The summed E-state index contributed by atoms with van der Waals surface area (Å²) in [7, 11) is 0. The minimum Gasteiger partial charge on any atom is -0.339 e. The number of piperazine rings is 1. The molecular formula is C26H30N2O. The quantitative estimate of drug-likeness (QED) is 0.720. The number of benzene rings is 2. The van der Waals surface area contributed by atoms with Crippen LogP contribution >= 0.6 is 0 Å². The van der Waals surface area contributed by atoms with Crippen molar-refractivity contribution in [2.45, 2.75) is 18.8 Å². The Morgan fingerprint density at radius 1 is 0.828 bits per heavy atom. The third-order valence-corrected chi connectivity index (χ3v) is 7.11. The Labute approximate surface area is 174 Å². The van der Waals surface area contributed by atoms with Gasteiger partial charge in [0.05, 0.1) is 5.92 Å². The van der Waals surface area contributed by atoms with Gasteiger partial charge in [0.15, 0.2) is 0 Å². The highest BCUT2D eigenvalue weighted by molar-refractivity contribution is 5.87. The van der Waals surface area contributed by atoms with Crippen LogP contribution in [0.1, 0.15) is 29.9 Å². The van der Waals surface area contributed by atoms with E-state index < -0.39 is 0 Å². The van der Waals surface area contributed by atoms with E-state index >= 15 is 0 Å². The largest absolute Gasteiger partial charge is 0.339 e. The summed E-state index contributed by atoms with van der Waals surface area (Å²) in [5.74, 6) is 2.50. The lowest BCUT2D eigenvalue weighted by Crippen LogP contribution is -2.51. The van der Waals surface area contributed by atoms with Gasteiger partial charge in [0, 0.05) is 32.7 Å². The van der Waals surface area contributed by atoms with E-state index in [1.165, 1.54) is 19.4 Å². The Bertz CT molecular complexity index is 815. The average Bonchev–Trinajstić information content (AvgIpc) is 3.39. The second kappa shape index (κ2) is 8.16. The van der Waals surface area contributed by atoms with Gasteiger partial charge in [-0.05, 0) is 41.7 Å². The molecule has 2 bridgehead atoms. The van der Waals surface area contributed by atoms with E-state index in [0.29, 0.717) is 0 Å². The Kier molecular flexibility index (Phi) is 5.24. The maximum atomic E-state index is 13.6. The van der Waals surface area contributed by atoms with Crippen LogP contribution in [-0.2, 0) is 4.79 Å². The number of amides is 1. The first kappa shape index (κ1) is 18.6. The van der Waals surface area contributed by atoms with E-state index in [4.69, 9.17) is 0 Å².